The van der Waals surface area contributed by atoms with Crippen LogP contribution < -0.4 is 10.1 Å². The highest BCUT2D eigenvalue weighted by molar-refractivity contribution is 6.31. The number of hydrogen-bond donors (Lipinski definition) is 1. The van der Waals surface area contributed by atoms with Crippen LogP contribution in [0.4, 0.5) is 0 Å². The summed E-state index contributed by atoms with van der Waals surface area (Å²) in [6, 6.07) is 35.2. The summed E-state index contributed by atoms with van der Waals surface area (Å²) in [5.41, 5.74) is 2.69. The molecule has 5 nitrogen and oxygen atoms in total. The van der Waals surface area contributed by atoms with Gasteiger partial charge < -0.3 is 15.0 Å². The highest BCUT2D eigenvalue weighted by Crippen LogP contribution is 2.18. The van der Waals surface area contributed by atoms with Crippen molar-refractivity contribution in [2.24, 2.45) is 0 Å². The molecule has 188 valence electrons. The van der Waals surface area contributed by atoms with Gasteiger partial charge in [0.2, 0.25) is 5.91 Å². The number of ether oxygens (including phenoxy) is 1. The Morgan fingerprint density at radius 3 is 1.97 bits per heavy atom. The fourth-order valence-corrected chi connectivity index (χ4v) is 4.22. The largest absolute Gasteiger partial charge is 0.484 e. The molecule has 0 saturated heterocycles. The number of para-hydroxylation sites is 1. The standard InChI is InChI=1S/C31H29ClN2O3/c32-28-19-11-10-16-26(28)21-33-31(36)29(20-24-12-4-1-5-13-24)34(22-25-14-6-2-7-15-25)30(35)23-37-27-17-8-3-9-18-27/h1-19,29H,20-23H2,(H,33,36). The van der Waals surface area contributed by atoms with Gasteiger partial charge in [-0.3, -0.25) is 9.59 Å². The smallest absolute Gasteiger partial charge is 0.261 e. The fraction of sp³-hybridized carbons (Fsp3) is 0.161. The first-order chi connectivity index (χ1) is 18.1. The lowest BCUT2D eigenvalue weighted by molar-refractivity contribution is -0.142. The Labute approximate surface area is 222 Å². The van der Waals surface area contributed by atoms with Crippen LogP contribution >= 0.6 is 11.6 Å². The van der Waals surface area contributed by atoms with Crippen molar-refractivity contribution in [2.45, 2.75) is 25.6 Å². The first-order valence-corrected chi connectivity index (χ1v) is 12.5. The van der Waals surface area contributed by atoms with E-state index in [1.54, 1.807) is 23.1 Å². The normalized spacial score (nSPS) is 11.4. The number of nitrogens with zero attached hydrogens (tertiary/aromatic N) is 1. The van der Waals surface area contributed by atoms with Crippen molar-refractivity contribution in [1.82, 2.24) is 10.2 Å². The Kier molecular flexibility index (Phi) is 9.33. The molecule has 6 heteroatoms. The van der Waals surface area contributed by atoms with E-state index in [0.717, 1.165) is 16.7 Å². The highest BCUT2D eigenvalue weighted by atomic mass is 35.5. The van der Waals surface area contributed by atoms with E-state index >= 15 is 0 Å². The molecule has 0 saturated carbocycles. The molecule has 0 fully saturated rings. The Hall–Kier alpha value is -4.09. The molecule has 1 N–H and O–H groups in total. The summed E-state index contributed by atoms with van der Waals surface area (Å²) in [6.45, 7) is 0.354. The van der Waals surface area contributed by atoms with Gasteiger partial charge in [0.15, 0.2) is 6.61 Å². The van der Waals surface area contributed by atoms with Crippen molar-refractivity contribution in [3.63, 3.8) is 0 Å². The number of nitrogens with one attached hydrogen (secondary N) is 1. The molecule has 37 heavy (non-hydrogen) atoms. The molecule has 4 aromatic rings. The Balaban J connectivity index is 1.60. The van der Waals surface area contributed by atoms with Crippen molar-refractivity contribution >= 4 is 23.4 Å². The third-order valence-electron chi connectivity index (χ3n) is 5.98. The van der Waals surface area contributed by atoms with E-state index in [1.807, 2.05) is 97.1 Å². The number of hydrogen-bond acceptors (Lipinski definition) is 3. The van der Waals surface area contributed by atoms with Gasteiger partial charge in [-0.2, -0.15) is 0 Å². The topological polar surface area (TPSA) is 58.6 Å². The Bertz CT molecular complexity index is 1280. The second-order valence-corrected chi connectivity index (χ2v) is 9.03. The summed E-state index contributed by atoms with van der Waals surface area (Å²) in [5.74, 6) is 0.0626. The van der Waals surface area contributed by atoms with Gasteiger partial charge in [-0.05, 0) is 34.9 Å². The SMILES string of the molecule is O=C(NCc1ccccc1Cl)C(Cc1ccccc1)N(Cc1ccccc1)C(=O)COc1ccccc1. The Morgan fingerprint density at radius 2 is 1.32 bits per heavy atom. The molecule has 0 radical (unpaired) electrons. The molecule has 1 atom stereocenters. The summed E-state index contributed by atoms with van der Waals surface area (Å²) < 4.78 is 5.77. The average Bonchev–Trinajstić information content (AvgIpc) is 2.94. The maximum absolute atomic E-state index is 13.7. The van der Waals surface area contributed by atoms with E-state index in [4.69, 9.17) is 16.3 Å². The number of halogens is 1. The van der Waals surface area contributed by atoms with E-state index in [2.05, 4.69) is 5.32 Å². The van der Waals surface area contributed by atoms with Gasteiger partial charge in [-0.15, -0.1) is 0 Å². The second-order valence-electron chi connectivity index (χ2n) is 8.62. The lowest BCUT2D eigenvalue weighted by Gasteiger charge is -2.31. The quantitative estimate of drug-likeness (QED) is 0.281. The molecular weight excluding hydrogens is 484 g/mol. The van der Waals surface area contributed by atoms with E-state index in [1.165, 1.54) is 0 Å². The summed E-state index contributed by atoms with van der Waals surface area (Å²) in [4.78, 5) is 28.8. The number of benzene rings is 4. The lowest BCUT2D eigenvalue weighted by Crippen LogP contribution is -2.51. The van der Waals surface area contributed by atoms with Crippen molar-refractivity contribution in [3.8, 4) is 5.75 Å². The van der Waals surface area contributed by atoms with Gasteiger partial charge in [0.25, 0.3) is 5.91 Å². The zero-order valence-electron chi connectivity index (χ0n) is 20.4. The van der Waals surface area contributed by atoms with Gasteiger partial charge in [0.05, 0.1) is 0 Å². The zero-order chi connectivity index (χ0) is 25.9. The number of carbonyl (C=O) groups excluding carboxylic acids is 2. The highest BCUT2D eigenvalue weighted by Gasteiger charge is 2.30. The maximum atomic E-state index is 13.7. The summed E-state index contributed by atoms with van der Waals surface area (Å²) in [6.07, 6.45) is 0.360. The molecule has 0 aliphatic rings. The lowest BCUT2D eigenvalue weighted by atomic mass is 10.0. The molecular formula is C31H29ClN2O3. The maximum Gasteiger partial charge on any atom is 0.261 e. The minimum absolute atomic E-state index is 0.181. The number of carbonyl (C=O) groups is 2. The van der Waals surface area contributed by atoms with Crippen LogP contribution in [0.3, 0.4) is 0 Å². The summed E-state index contributed by atoms with van der Waals surface area (Å²) in [5, 5.41) is 3.58. The molecule has 0 aliphatic carbocycles. The van der Waals surface area contributed by atoms with E-state index in [0.29, 0.717) is 17.2 Å². The molecule has 0 aliphatic heterocycles. The molecule has 2 amide bonds. The molecule has 0 spiro atoms. The first kappa shape index (κ1) is 26.0. The average molecular weight is 513 g/mol. The third-order valence-corrected chi connectivity index (χ3v) is 6.35. The van der Waals surface area contributed by atoms with Crippen LogP contribution in [0, 0.1) is 0 Å². The number of amides is 2. The van der Waals surface area contributed by atoms with Crippen LogP contribution in [0.5, 0.6) is 5.75 Å². The van der Waals surface area contributed by atoms with Gasteiger partial charge in [-0.1, -0.05) is 109 Å². The van der Waals surface area contributed by atoms with Gasteiger partial charge in [0.1, 0.15) is 11.8 Å². The molecule has 0 aromatic heterocycles. The van der Waals surface area contributed by atoms with Crippen LogP contribution in [0.2, 0.25) is 5.02 Å². The zero-order valence-corrected chi connectivity index (χ0v) is 21.2. The first-order valence-electron chi connectivity index (χ1n) is 12.2. The van der Waals surface area contributed by atoms with Crippen molar-refractivity contribution in [2.75, 3.05) is 6.61 Å². The van der Waals surface area contributed by atoms with E-state index in [-0.39, 0.29) is 31.5 Å². The molecule has 1 unspecified atom stereocenters. The molecule has 4 rings (SSSR count). The van der Waals surface area contributed by atoms with Gasteiger partial charge in [0, 0.05) is 24.5 Å². The van der Waals surface area contributed by atoms with Crippen LogP contribution in [-0.2, 0) is 29.1 Å². The van der Waals surface area contributed by atoms with Crippen molar-refractivity contribution < 1.29 is 14.3 Å². The predicted molar refractivity (Wildman–Crippen MR) is 146 cm³/mol. The molecule has 0 heterocycles. The van der Waals surface area contributed by atoms with Crippen molar-refractivity contribution in [3.05, 3.63) is 137 Å². The van der Waals surface area contributed by atoms with Crippen LogP contribution in [0.1, 0.15) is 16.7 Å². The monoisotopic (exact) mass is 512 g/mol. The predicted octanol–water partition coefficient (Wildman–Crippen LogP) is 5.68. The van der Waals surface area contributed by atoms with E-state index < -0.39 is 6.04 Å². The fourth-order valence-electron chi connectivity index (χ4n) is 4.02. The minimum atomic E-state index is -0.753. The summed E-state index contributed by atoms with van der Waals surface area (Å²) >= 11 is 6.30. The second kappa shape index (κ2) is 13.3. The van der Waals surface area contributed by atoms with Gasteiger partial charge in [-0.25, -0.2) is 0 Å². The molecule has 0 bridgehead atoms. The van der Waals surface area contributed by atoms with Crippen LogP contribution in [-0.4, -0.2) is 29.4 Å². The third kappa shape index (κ3) is 7.69. The Morgan fingerprint density at radius 1 is 0.757 bits per heavy atom. The molecule has 4 aromatic carbocycles. The van der Waals surface area contributed by atoms with Gasteiger partial charge >= 0.3 is 0 Å². The van der Waals surface area contributed by atoms with Crippen LogP contribution in [0.25, 0.3) is 0 Å². The van der Waals surface area contributed by atoms with E-state index in [9.17, 15) is 9.59 Å². The summed E-state index contributed by atoms with van der Waals surface area (Å²) in [7, 11) is 0. The van der Waals surface area contributed by atoms with Crippen LogP contribution in [0.15, 0.2) is 115 Å². The van der Waals surface area contributed by atoms with Crippen molar-refractivity contribution in [1.29, 1.82) is 0 Å². The number of rotatable bonds is 11. The minimum Gasteiger partial charge on any atom is -0.484 e.